The number of amides is 1. The Kier molecular flexibility index (Phi) is 3.79. The Bertz CT molecular complexity index is 409. The lowest BCUT2D eigenvalue weighted by atomic mass is 9.81. The minimum atomic E-state index is -0.366. The van der Waals surface area contributed by atoms with Crippen molar-refractivity contribution in [2.45, 2.75) is 44.6 Å². The molecule has 1 aromatic rings. The first-order chi connectivity index (χ1) is 8.22. The van der Waals surface area contributed by atoms with Gasteiger partial charge in [-0.2, -0.15) is 0 Å². The van der Waals surface area contributed by atoms with Gasteiger partial charge in [-0.05, 0) is 36.0 Å². The number of aliphatic hydroxyl groups is 1. The molecular weight excluding hydrogens is 214 g/mol. The van der Waals surface area contributed by atoms with Crippen molar-refractivity contribution in [2.75, 3.05) is 0 Å². The Hall–Kier alpha value is -1.35. The van der Waals surface area contributed by atoms with Crippen molar-refractivity contribution in [3.8, 4) is 0 Å². The van der Waals surface area contributed by atoms with E-state index in [1.807, 2.05) is 6.07 Å². The molecule has 1 aliphatic carbocycles. The molecule has 1 fully saturated rings. The second-order valence-electron chi connectivity index (χ2n) is 4.78. The summed E-state index contributed by atoms with van der Waals surface area (Å²) in [6, 6.07) is 5.46. The summed E-state index contributed by atoms with van der Waals surface area (Å²) in [7, 11) is 0. The Balaban J connectivity index is 2.36. The van der Waals surface area contributed by atoms with Crippen LogP contribution in [0.2, 0.25) is 0 Å². The number of benzene rings is 1. The van der Waals surface area contributed by atoms with E-state index < -0.39 is 0 Å². The Morgan fingerprint density at radius 1 is 1.29 bits per heavy atom. The van der Waals surface area contributed by atoms with E-state index in [1.165, 1.54) is 19.3 Å². The molecule has 17 heavy (non-hydrogen) atoms. The van der Waals surface area contributed by atoms with Gasteiger partial charge >= 0.3 is 0 Å². The molecule has 2 rings (SSSR count). The molecule has 0 heterocycles. The zero-order valence-electron chi connectivity index (χ0n) is 9.98. The number of nitrogens with two attached hydrogens (primary N) is 1. The van der Waals surface area contributed by atoms with Crippen LogP contribution in [0, 0.1) is 0 Å². The summed E-state index contributed by atoms with van der Waals surface area (Å²) in [6.07, 6.45) is 5.95. The molecule has 0 bridgehead atoms. The van der Waals surface area contributed by atoms with E-state index in [0.29, 0.717) is 11.5 Å². The molecule has 3 nitrogen and oxygen atoms in total. The largest absolute Gasteiger partial charge is 0.392 e. The summed E-state index contributed by atoms with van der Waals surface area (Å²) in [4.78, 5) is 11.4. The Morgan fingerprint density at radius 3 is 2.59 bits per heavy atom. The van der Waals surface area contributed by atoms with Crippen LogP contribution in [0.4, 0.5) is 0 Å². The number of primary amides is 1. The van der Waals surface area contributed by atoms with Crippen molar-refractivity contribution >= 4 is 5.91 Å². The lowest BCUT2D eigenvalue weighted by Crippen LogP contribution is -2.17. The second-order valence-corrected chi connectivity index (χ2v) is 4.78. The number of hydrogen-bond donors (Lipinski definition) is 2. The minimum Gasteiger partial charge on any atom is -0.392 e. The van der Waals surface area contributed by atoms with E-state index in [2.05, 4.69) is 0 Å². The van der Waals surface area contributed by atoms with E-state index >= 15 is 0 Å². The van der Waals surface area contributed by atoms with Gasteiger partial charge < -0.3 is 10.8 Å². The number of carbonyl (C=O) groups excluding carboxylic acids is 1. The van der Waals surface area contributed by atoms with Crippen LogP contribution in [0.15, 0.2) is 18.2 Å². The van der Waals surface area contributed by atoms with Crippen LogP contribution in [-0.2, 0) is 6.61 Å². The normalized spacial score (nSPS) is 17.0. The van der Waals surface area contributed by atoms with Crippen LogP contribution in [0.5, 0.6) is 0 Å². The summed E-state index contributed by atoms with van der Waals surface area (Å²) < 4.78 is 0. The molecule has 0 aliphatic heterocycles. The predicted octanol–water partition coefficient (Wildman–Crippen LogP) is 2.33. The smallest absolute Gasteiger partial charge is 0.248 e. The lowest BCUT2D eigenvalue weighted by molar-refractivity contribution is 0.0998. The minimum absolute atomic E-state index is 0.0127. The van der Waals surface area contributed by atoms with Gasteiger partial charge in [-0.15, -0.1) is 0 Å². The van der Waals surface area contributed by atoms with Crippen molar-refractivity contribution in [3.05, 3.63) is 34.9 Å². The molecule has 1 aromatic carbocycles. The molecule has 3 N–H and O–H groups in total. The molecule has 0 spiro atoms. The van der Waals surface area contributed by atoms with Gasteiger partial charge in [-0.1, -0.05) is 31.4 Å². The molecule has 0 atom stereocenters. The van der Waals surface area contributed by atoms with E-state index in [9.17, 15) is 9.90 Å². The van der Waals surface area contributed by atoms with Crippen molar-refractivity contribution in [1.82, 2.24) is 0 Å². The van der Waals surface area contributed by atoms with E-state index in [0.717, 1.165) is 24.0 Å². The highest BCUT2D eigenvalue weighted by Gasteiger charge is 2.20. The second kappa shape index (κ2) is 5.32. The van der Waals surface area contributed by atoms with E-state index in [-0.39, 0.29) is 12.5 Å². The van der Waals surface area contributed by atoms with Gasteiger partial charge in [0.15, 0.2) is 0 Å². The highest BCUT2D eigenvalue weighted by molar-refractivity contribution is 5.94. The zero-order valence-corrected chi connectivity index (χ0v) is 9.98. The fourth-order valence-electron chi connectivity index (χ4n) is 2.69. The molecule has 0 radical (unpaired) electrons. The molecule has 1 aliphatic rings. The summed E-state index contributed by atoms with van der Waals surface area (Å²) >= 11 is 0. The van der Waals surface area contributed by atoms with E-state index in [1.54, 1.807) is 12.1 Å². The average Bonchev–Trinajstić information content (AvgIpc) is 2.39. The lowest BCUT2D eigenvalue weighted by Gasteiger charge is -2.24. The van der Waals surface area contributed by atoms with Crippen LogP contribution in [0.3, 0.4) is 0 Å². The number of hydrogen-bond acceptors (Lipinski definition) is 2. The quantitative estimate of drug-likeness (QED) is 0.841. The van der Waals surface area contributed by atoms with Gasteiger partial charge in [0.05, 0.1) is 6.61 Å². The number of carbonyl (C=O) groups is 1. The van der Waals surface area contributed by atoms with Gasteiger partial charge in [-0.3, -0.25) is 4.79 Å². The van der Waals surface area contributed by atoms with Gasteiger partial charge in [0.1, 0.15) is 0 Å². The fraction of sp³-hybridized carbons (Fsp3) is 0.500. The maximum absolute atomic E-state index is 11.4. The van der Waals surface area contributed by atoms with Crippen LogP contribution < -0.4 is 5.73 Å². The monoisotopic (exact) mass is 233 g/mol. The fourth-order valence-corrected chi connectivity index (χ4v) is 2.69. The van der Waals surface area contributed by atoms with Crippen molar-refractivity contribution < 1.29 is 9.90 Å². The summed E-state index contributed by atoms with van der Waals surface area (Å²) in [6.45, 7) is 0.0127. The zero-order chi connectivity index (χ0) is 12.3. The topological polar surface area (TPSA) is 63.3 Å². The van der Waals surface area contributed by atoms with Gasteiger partial charge in [0.25, 0.3) is 0 Å². The van der Waals surface area contributed by atoms with Crippen molar-refractivity contribution in [1.29, 1.82) is 0 Å². The third-order valence-corrected chi connectivity index (χ3v) is 3.61. The maximum atomic E-state index is 11.4. The van der Waals surface area contributed by atoms with Crippen LogP contribution in [-0.4, -0.2) is 11.0 Å². The first-order valence-electron chi connectivity index (χ1n) is 6.26. The SMILES string of the molecule is NC(=O)c1ccc(CO)cc1C1CCCCC1. The third-order valence-electron chi connectivity index (χ3n) is 3.61. The van der Waals surface area contributed by atoms with Crippen LogP contribution >= 0.6 is 0 Å². The highest BCUT2D eigenvalue weighted by atomic mass is 16.3. The molecule has 1 amide bonds. The molecular formula is C14H19NO2. The summed E-state index contributed by atoms with van der Waals surface area (Å²) in [5.41, 5.74) is 7.92. The highest BCUT2D eigenvalue weighted by Crippen LogP contribution is 2.34. The summed E-state index contributed by atoms with van der Waals surface area (Å²) in [5.74, 6) is 0.0628. The van der Waals surface area contributed by atoms with Crippen LogP contribution in [0.1, 0.15) is 59.5 Å². The molecule has 0 unspecified atom stereocenters. The standard InChI is InChI=1S/C14H19NO2/c15-14(17)12-7-6-10(9-16)8-13(12)11-4-2-1-3-5-11/h6-8,11,16H,1-5,9H2,(H2,15,17). The third kappa shape index (κ3) is 2.67. The molecule has 0 aromatic heterocycles. The van der Waals surface area contributed by atoms with Gasteiger partial charge in [0, 0.05) is 5.56 Å². The predicted molar refractivity (Wildman–Crippen MR) is 66.7 cm³/mol. The van der Waals surface area contributed by atoms with Gasteiger partial charge in [-0.25, -0.2) is 0 Å². The average molecular weight is 233 g/mol. The first-order valence-corrected chi connectivity index (χ1v) is 6.26. The van der Waals surface area contributed by atoms with Crippen LogP contribution in [0.25, 0.3) is 0 Å². The Morgan fingerprint density at radius 2 is 2.00 bits per heavy atom. The molecule has 3 heteroatoms. The van der Waals surface area contributed by atoms with E-state index in [4.69, 9.17) is 5.73 Å². The summed E-state index contributed by atoms with van der Waals surface area (Å²) in [5, 5.41) is 9.17. The molecule has 1 saturated carbocycles. The van der Waals surface area contributed by atoms with Gasteiger partial charge in [0.2, 0.25) is 5.91 Å². The number of aliphatic hydroxyl groups excluding tert-OH is 1. The molecule has 92 valence electrons. The maximum Gasteiger partial charge on any atom is 0.248 e. The van der Waals surface area contributed by atoms with Crippen molar-refractivity contribution in [3.63, 3.8) is 0 Å². The Labute approximate surface area is 102 Å². The number of rotatable bonds is 3. The molecule has 0 saturated heterocycles. The van der Waals surface area contributed by atoms with Crippen molar-refractivity contribution in [2.24, 2.45) is 5.73 Å². The first kappa shape index (κ1) is 12.1.